The molecule has 4 heteroatoms. The Hall–Kier alpha value is -2.72. The van der Waals surface area contributed by atoms with E-state index in [0.717, 1.165) is 0 Å². The van der Waals surface area contributed by atoms with E-state index in [1.807, 2.05) is 39.8 Å². The summed E-state index contributed by atoms with van der Waals surface area (Å²) in [6.07, 6.45) is 0. The SMILES string of the molecule is CC(C)c1c(F)cccc1C#N.CC(C)c1cccc(C#N)c1F. The van der Waals surface area contributed by atoms with Crippen LogP contribution in [0.15, 0.2) is 36.4 Å². The van der Waals surface area contributed by atoms with Gasteiger partial charge in [-0.3, -0.25) is 0 Å². The lowest BCUT2D eigenvalue weighted by Crippen LogP contribution is -1.96. The van der Waals surface area contributed by atoms with Gasteiger partial charge in [0.15, 0.2) is 0 Å². The van der Waals surface area contributed by atoms with Gasteiger partial charge in [-0.1, -0.05) is 45.9 Å². The zero-order valence-corrected chi connectivity index (χ0v) is 14.3. The molecule has 0 N–H and O–H groups in total. The quantitative estimate of drug-likeness (QED) is 0.717. The average molecular weight is 326 g/mol. The first kappa shape index (κ1) is 19.3. The Balaban J connectivity index is 0.000000240. The van der Waals surface area contributed by atoms with E-state index >= 15 is 0 Å². The number of hydrogen-bond acceptors (Lipinski definition) is 2. The molecule has 0 aliphatic heterocycles. The number of halogens is 2. The van der Waals surface area contributed by atoms with Crippen LogP contribution in [0, 0.1) is 34.3 Å². The van der Waals surface area contributed by atoms with Crippen LogP contribution in [0.3, 0.4) is 0 Å². The summed E-state index contributed by atoms with van der Waals surface area (Å²) in [6.45, 7) is 7.55. The van der Waals surface area contributed by atoms with Crippen LogP contribution >= 0.6 is 0 Å². The molecular formula is C20H20F2N2. The molecule has 0 unspecified atom stereocenters. The molecule has 2 aromatic carbocycles. The summed E-state index contributed by atoms with van der Waals surface area (Å²) in [5.41, 5.74) is 1.68. The molecule has 2 aromatic rings. The van der Waals surface area contributed by atoms with Crippen LogP contribution in [-0.2, 0) is 0 Å². The summed E-state index contributed by atoms with van der Waals surface area (Å²) >= 11 is 0. The Morgan fingerprint density at radius 2 is 1.33 bits per heavy atom. The first-order valence-electron chi connectivity index (χ1n) is 7.70. The Morgan fingerprint density at radius 1 is 0.792 bits per heavy atom. The Kier molecular flexibility index (Phi) is 7.08. The van der Waals surface area contributed by atoms with Gasteiger partial charge in [0.05, 0.1) is 17.2 Å². The zero-order chi connectivity index (χ0) is 18.3. The van der Waals surface area contributed by atoms with Crippen molar-refractivity contribution in [2.24, 2.45) is 0 Å². The van der Waals surface area contributed by atoms with E-state index in [4.69, 9.17) is 10.5 Å². The lowest BCUT2D eigenvalue weighted by atomic mass is 9.97. The number of nitrogens with zero attached hydrogens (tertiary/aromatic N) is 2. The number of nitriles is 2. The van der Waals surface area contributed by atoms with Crippen LogP contribution in [0.1, 0.15) is 61.8 Å². The molecule has 0 fully saturated rings. The van der Waals surface area contributed by atoms with Gasteiger partial charge in [-0.2, -0.15) is 10.5 Å². The van der Waals surface area contributed by atoms with Crippen molar-refractivity contribution in [1.29, 1.82) is 10.5 Å². The Labute approximate surface area is 142 Å². The van der Waals surface area contributed by atoms with E-state index in [0.29, 0.717) is 16.7 Å². The zero-order valence-electron chi connectivity index (χ0n) is 14.3. The molecule has 24 heavy (non-hydrogen) atoms. The molecule has 0 radical (unpaired) electrons. The predicted molar refractivity (Wildman–Crippen MR) is 90.4 cm³/mol. The molecule has 0 heterocycles. The fraction of sp³-hybridized carbons (Fsp3) is 0.300. The lowest BCUT2D eigenvalue weighted by Gasteiger charge is -2.07. The van der Waals surface area contributed by atoms with Gasteiger partial charge in [0.25, 0.3) is 0 Å². The fourth-order valence-electron chi connectivity index (χ4n) is 2.30. The highest BCUT2D eigenvalue weighted by Crippen LogP contribution is 2.22. The summed E-state index contributed by atoms with van der Waals surface area (Å²) in [4.78, 5) is 0. The number of hydrogen-bond donors (Lipinski definition) is 0. The van der Waals surface area contributed by atoms with Crippen LogP contribution in [-0.4, -0.2) is 0 Å². The maximum absolute atomic E-state index is 13.3. The molecule has 0 aromatic heterocycles. The fourth-order valence-corrected chi connectivity index (χ4v) is 2.30. The molecule has 0 saturated carbocycles. The Bertz CT molecular complexity index is 781. The average Bonchev–Trinajstić information content (AvgIpc) is 2.54. The molecule has 2 nitrogen and oxygen atoms in total. The van der Waals surface area contributed by atoms with Crippen molar-refractivity contribution in [1.82, 2.24) is 0 Å². The maximum Gasteiger partial charge on any atom is 0.144 e. The summed E-state index contributed by atoms with van der Waals surface area (Å²) in [5.74, 6) is -0.488. The molecule has 0 saturated heterocycles. The minimum absolute atomic E-state index is 0.0563. The van der Waals surface area contributed by atoms with Crippen molar-refractivity contribution in [3.05, 3.63) is 70.3 Å². The highest BCUT2D eigenvalue weighted by molar-refractivity contribution is 5.40. The van der Waals surface area contributed by atoms with Crippen molar-refractivity contribution < 1.29 is 8.78 Å². The van der Waals surface area contributed by atoms with Crippen molar-refractivity contribution in [2.45, 2.75) is 39.5 Å². The van der Waals surface area contributed by atoms with Gasteiger partial charge in [-0.15, -0.1) is 0 Å². The van der Waals surface area contributed by atoms with E-state index in [1.54, 1.807) is 24.3 Å². The third-order valence-corrected chi connectivity index (χ3v) is 3.52. The van der Waals surface area contributed by atoms with E-state index in [-0.39, 0.29) is 29.0 Å². The number of rotatable bonds is 2. The highest BCUT2D eigenvalue weighted by atomic mass is 19.1. The molecule has 0 amide bonds. The van der Waals surface area contributed by atoms with Gasteiger partial charge in [0.2, 0.25) is 0 Å². The van der Waals surface area contributed by atoms with Crippen LogP contribution in [0.2, 0.25) is 0 Å². The molecule has 2 rings (SSSR count). The molecule has 0 atom stereocenters. The van der Waals surface area contributed by atoms with E-state index in [2.05, 4.69) is 0 Å². The van der Waals surface area contributed by atoms with E-state index in [9.17, 15) is 8.78 Å². The van der Waals surface area contributed by atoms with Gasteiger partial charge in [0.1, 0.15) is 17.7 Å². The molecular weight excluding hydrogens is 306 g/mol. The standard InChI is InChI=1S/2C10H10FN/c1-7(2)10-8(6-12)4-3-5-9(10)11;1-7(2)9-5-3-4-8(6-12)10(9)11/h2*3-5,7H,1-2H3. The van der Waals surface area contributed by atoms with Crippen LogP contribution in [0.5, 0.6) is 0 Å². The maximum atomic E-state index is 13.3. The van der Waals surface area contributed by atoms with Crippen LogP contribution in [0.25, 0.3) is 0 Å². The summed E-state index contributed by atoms with van der Waals surface area (Å²) in [7, 11) is 0. The molecule has 0 spiro atoms. The largest absolute Gasteiger partial charge is 0.207 e. The molecule has 0 aliphatic rings. The van der Waals surface area contributed by atoms with Gasteiger partial charge in [0, 0.05) is 5.56 Å². The smallest absolute Gasteiger partial charge is 0.144 e. The van der Waals surface area contributed by atoms with Crippen molar-refractivity contribution >= 4 is 0 Å². The minimum atomic E-state index is -0.380. The van der Waals surface area contributed by atoms with Gasteiger partial charge >= 0.3 is 0 Å². The molecule has 0 aliphatic carbocycles. The monoisotopic (exact) mass is 326 g/mol. The summed E-state index contributed by atoms with van der Waals surface area (Å²) < 4.78 is 26.4. The number of benzene rings is 2. The Morgan fingerprint density at radius 3 is 1.79 bits per heavy atom. The first-order chi connectivity index (χ1) is 11.3. The third kappa shape index (κ3) is 4.64. The lowest BCUT2D eigenvalue weighted by molar-refractivity contribution is 0.594. The van der Waals surface area contributed by atoms with Crippen molar-refractivity contribution in [2.75, 3.05) is 0 Å². The summed E-state index contributed by atoms with van der Waals surface area (Å²) in [6, 6.07) is 13.3. The normalized spacial score (nSPS) is 9.92. The van der Waals surface area contributed by atoms with Crippen molar-refractivity contribution in [3.8, 4) is 12.1 Å². The van der Waals surface area contributed by atoms with Crippen LogP contribution in [0.4, 0.5) is 8.78 Å². The minimum Gasteiger partial charge on any atom is -0.207 e. The topological polar surface area (TPSA) is 47.6 Å². The first-order valence-corrected chi connectivity index (χ1v) is 7.70. The van der Waals surface area contributed by atoms with E-state index in [1.165, 1.54) is 12.1 Å². The van der Waals surface area contributed by atoms with Gasteiger partial charge < -0.3 is 0 Å². The predicted octanol–water partition coefficient (Wildman–Crippen LogP) is 5.64. The van der Waals surface area contributed by atoms with E-state index < -0.39 is 0 Å². The van der Waals surface area contributed by atoms with Crippen LogP contribution < -0.4 is 0 Å². The second-order valence-electron chi connectivity index (χ2n) is 5.94. The second kappa shape index (κ2) is 8.79. The van der Waals surface area contributed by atoms with Gasteiger partial charge in [-0.05, 0) is 35.6 Å². The second-order valence-corrected chi connectivity index (χ2v) is 5.94. The highest BCUT2D eigenvalue weighted by Gasteiger charge is 2.11. The van der Waals surface area contributed by atoms with Crippen molar-refractivity contribution in [3.63, 3.8) is 0 Å². The molecule has 0 bridgehead atoms. The molecule has 124 valence electrons. The van der Waals surface area contributed by atoms with Gasteiger partial charge in [-0.25, -0.2) is 8.78 Å². The third-order valence-electron chi connectivity index (χ3n) is 3.52. The summed E-state index contributed by atoms with van der Waals surface area (Å²) in [5, 5.41) is 17.2.